The molecule has 0 amide bonds. The third-order valence-corrected chi connectivity index (χ3v) is 2.85. The molecule has 1 heterocycles. The van der Waals surface area contributed by atoms with Gasteiger partial charge >= 0.3 is 5.97 Å². The number of rotatable bonds is 5. The number of thioether (sulfide) groups is 1. The molecule has 0 aliphatic carbocycles. The maximum Gasteiger partial charge on any atom is 0.313 e. The van der Waals surface area contributed by atoms with E-state index < -0.39 is 5.97 Å². The molecule has 88 valence electrons. The highest BCUT2D eigenvalue weighted by Crippen LogP contribution is 2.17. The quantitative estimate of drug-likeness (QED) is 0.875. The Bertz CT molecular complexity index is 498. The van der Waals surface area contributed by atoms with Crippen molar-refractivity contribution in [3.63, 3.8) is 0 Å². The summed E-state index contributed by atoms with van der Waals surface area (Å²) in [6, 6.07) is 9.47. The minimum atomic E-state index is -0.849. The van der Waals surface area contributed by atoms with Gasteiger partial charge in [-0.05, 0) is 0 Å². The topological polar surface area (TPSA) is 76.2 Å². The van der Waals surface area contributed by atoms with Crippen LogP contribution in [0.25, 0.3) is 11.4 Å². The third kappa shape index (κ3) is 3.32. The van der Waals surface area contributed by atoms with Gasteiger partial charge in [-0.3, -0.25) is 4.79 Å². The summed E-state index contributed by atoms with van der Waals surface area (Å²) in [7, 11) is 0. The van der Waals surface area contributed by atoms with Crippen molar-refractivity contribution in [1.29, 1.82) is 0 Å². The second-order valence-electron chi connectivity index (χ2n) is 3.26. The summed E-state index contributed by atoms with van der Waals surface area (Å²) in [5.74, 6) is 0.555. The van der Waals surface area contributed by atoms with E-state index in [2.05, 4.69) is 10.1 Å². The fourth-order valence-electron chi connectivity index (χ4n) is 1.24. The molecule has 2 rings (SSSR count). The molecular weight excluding hydrogens is 240 g/mol. The van der Waals surface area contributed by atoms with Gasteiger partial charge in [-0.1, -0.05) is 35.5 Å². The molecule has 2 aromatic rings. The second-order valence-corrected chi connectivity index (χ2v) is 4.25. The molecule has 0 aliphatic heterocycles. The first-order chi connectivity index (χ1) is 8.25. The lowest BCUT2D eigenvalue weighted by atomic mass is 10.2. The zero-order chi connectivity index (χ0) is 12.1. The maximum absolute atomic E-state index is 10.3. The van der Waals surface area contributed by atoms with Gasteiger partial charge < -0.3 is 9.63 Å². The van der Waals surface area contributed by atoms with Crippen molar-refractivity contribution in [2.24, 2.45) is 0 Å². The number of aliphatic carboxylic acids is 1. The smallest absolute Gasteiger partial charge is 0.313 e. The van der Waals surface area contributed by atoms with Gasteiger partial charge in [-0.15, -0.1) is 11.8 Å². The molecule has 0 fully saturated rings. The van der Waals surface area contributed by atoms with E-state index in [-0.39, 0.29) is 5.75 Å². The van der Waals surface area contributed by atoms with Crippen LogP contribution in [-0.2, 0) is 10.5 Å². The highest BCUT2D eigenvalue weighted by molar-refractivity contribution is 7.99. The molecule has 5 nitrogen and oxygen atoms in total. The molecule has 0 spiro atoms. The third-order valence-electron chi connectivity index (χ3n) is 1.95. The van der Waals surface area contributed by atoms with Gasteiger partial charge in [-0.2, -0.15) is 4.98 Å². The van der Waals surface area contributed by atoms with Crippen LogP contribution in [-0.4, -0.2) is 27.0 Å². The molecule has 1 aromatic carbocycles. The number of carboxylic acid groups (broad SMARTS) is 1. The zero-order valence-electron chi connectivity index (χ0n) is 8.87. The van der Waals surface area contributed by atoms with E-state index in [0.717, 1.165) is 5.56 Å². The fourth-order valence-corrected chi connectivity index (χ4v) is 1.81. The second kappa shape index (κ2) is 5.49. The molecule has 17 heavy (non-hydrogen) atoms. The highest BCUT2D eigenvalue weighted by Gasteiger charge is 2.08. The van der Waals surface area contributed by atoms with Crippen LogP contribution in [0, 0.1) is 0 Å². The van der Waals surface area contributed by atoms with Crippen molar-refractivity contribution in [2.45, 2.75) is 5.75 Å². The summed E-state index contributed by atoms with van der Waals surface area (Å²) in [5, 5.41) is 12.3. The predicted molar refractivity (Wildman–Crippen MR) is 63.5 cm³/mol. The number of nitrogens with zero attached hydrogens (tertiary/aromatic N) is 2. The average molecular weight is 250 g/mol. The van der Waals surface area contributed by atoms with Crippen LogP contribution in [0.2, 0.25) is 0 Å². The minimum Gasteiger partial charge on any atom is -0.481 e. The molecule has 0 aliphatic rings. The van der Waals surface area contributed by atoms with Crippen molar-refractivity contribution in [2.75, 3.05) is 5.75 Å². The maximum atomic E-state index is 10.3. The molecule has 0 saturated carbocycles. The van der Waals surface area contributed by atoms with Gasteiger partial charge in [0.25, 0.3) is 0 Å². The number of benzene rings is 1. The Kier molecular flexibility index (Phi) is 3.77. The molecule has 0 bridgehead atoms. The van der Waals surface area contributed by atoms with E-state index in [1.807, 2.05) is 30.3 Å². The van der Waals surface area contributed by atoms with Crippen molar-refractivity contribution in [3.8, 4) is 11.4 Å². The van der Waals surface area contributed by atoms with Gasteiger partial charge in [0.15, 0.2) is 0 Å². The molecule has 1 N–H and O–H groups in total. The molecular formula is C11H10N2O3S. The number of aromatic nitrogens is 2. The lowest BCUT2D eigenvalue weighted by Gasteiger charge is -1.92. The molecule has 0 unspecified atom stereocenters. The van der Waals surface area contributed by atoms with Gasteiger partial charge in [-0.25, -0.2) is 0 Å². The average Bonchev–Trinajstić information content (AvgIpc) is 2.78. The van der Waals surface area contributed by atoms with Gasteiger partial charge in [0, 0.05) is 5.56 Å². The first kappa shape index (κ1) is 11.7. The molecule has 6 heteroatoms. The minimum absolute atomic E-state index is 0.0308. The largest absolute Gasteiger partial charge is 0.481 e. The van der Waals surface area contributed by atoms with Crippen LogP contribution in [0.15, 0.2) is 34.9 Å². The first-order valence-electron chi connectivity index (χ1n) is 4.93. The summed E-state index contributed by atoms with van der Waals surface area (Å²) >= 11 is 1.23. The molecule has 1 aromatic heterocycles. The molecule has 0 radical (unpaired) electrons. The van der Waals surface area contributed by atoms with Crippen molar-refractivity contribution in [3.05, 3.63) is 36.2 Å². The van der Waals surface area contributed by atoms with E-state index in [4.69, 9.17) is 9.63 Å². The predicted octanol–water partition coefficient (Wildman–Crippen LogP) is 2.05. The van der Waals surface area contributed by atoms with Crippen LogP contribution in [0.4, 0.5) is 0 Å². The Morgan fingerprint density at radius 3 is 2.82 bits per heavy atom. The number of carbonyl (C=O) groups is 1. The first-order valence-corrected chi connectivity index (χ1v) is 6.09. The van der Waals surface area contributed by atoms with Crippen molar-refractivity contribution >= 4 is 17.7 Å². The normalized spacial score (nSPS) is 10.4. The number of hydrogen-bond acceptors (Lipinski definition) is 5. The zero-order valence-corrected chi connectivity index (χ0v) is 9.68. The summed E-state index contributed by atoms with van der Waals surface area (Å²) in [5.41, 5.74) is 0.880. The monoisotopic (exact) mass is 250 g/mol. The van der Waals surface area contributed by atoms with Crippen LogP contribution in [0.1, 0.15) is 5.89 Å². The van der Waals surface area contributed by atoms with Crippen LogP contribution >= 0.6 is 11.8 Å². The lowest BCUT2D eigenvalue weighted by molar-refractivity contribution is -0.133. The van der Waals surface area contributed by atoms with E-state index in [0.29, 0.717) is 17.5 Å². The molecule has 0 saturated heterocycles. The van der Waals surface area contributed by atoms with E-state index in [9.17, 15) is 4.79 Å². The standard InChI is InChI=1S/C11H10N2O3S/c14-10(15)7-17-6-9-12-11(13-16-9)8-4-2-1-3-5-8/h1-5H,6-7H2,(H,14,15). The van der Waals surface area contributed by atoms with E-state index in [1.165, 1.54) is 11.8 Å². The van der Waals surface area contributed by atoms with E-state index >= 15 is 0 Å². The lowest BCUT2D eigenvalue weighted by Crippen LogP contribution is -1.98. The van der Waals surface area contributed by atoms with Crippen LogP contribution in [0.3, 0.4) is 0 Å². The number of hydrogen-bond donors (Lipinski definition) is 1. The summed E-state index contributed by atoms with van der Waals surface area (Å²) in [6.45, 7) is 0. The van der Waals surface area contributed by atoms with Crippen LogP contribution < -0.4 is 0 Å². The van der Waals surface area contributed by atoms with E-state index in [1.54, 1.807) is 0 Å². The number of carboxylic acids is 1. The van der Waals surface area contributed by atoms with Gasteiger partial charge in [0.2, 0.25) is 11.7 Å². The Balaban J connectivity index is 1.99. The Morgan fingerprint density at radius 1 is 1.35 bits per heavy atom. The Labute approximate surface area is 102 Å². The highest BCUT2D eigenvalue weighted by atomic mass is 32.2. The van der Waals surface area contributed by atoms with Gasteiger partial charge in [0.05, 0.1) is 11.5 Å². The Hall–Kier alpha value is -1.82. The Morgan fingerprint density at radius 2 is 2.12 bits per heavy atom. The van der Waals surface area contributed by atoms with Crippen LogP contribution in [0.5, 0.6) is 0 Å². The van der Waals surface area contributed by atoms with Crippen molar-refractivity contribution in [1.82, 2.24) is 10.1 Å². The summed E-state index contributed by atoms with van der Waals surface area (Å²) in [6.07, 6.45) is 0. The SMILES string of the molecule is O=C(O)CSCc1nc(-c2ccccc2)no1. The summed E-state index contributed by atoms with van der Waals surface area (Å²) in [4.78, 5) is 14.5. The van der Waals surface area contributed by atoms with Crippen molar-refractivity contribution < 1.29 is 14.4 Å². The molecule has 0 atom stereocenters. The van der Waals surface area contributed by atoms with Gasteiger partial charge in [0.1, 0.15) is 0 Å². The summed E-state index contributed by atoms with van der Waals surface area (Å²) < 4.78 is 5.03. The fraction of sp³-hybridized carbons (Fsp3) is 0.182.